The van der Waals surface area contributed by atoms with E-state index >= 15 is 0 Å². The molecule has 2 aromatic rings. The average Bonchev–Trinajstić information content (AvgIpc) is 3.42. The second kappa shape index (κ2) is 7.68. The second-order valence-corrected chi connectivity index (χ2v) is 10.6. The summed E-state index contributed by atoms with van der Waals surface area (Å²) in [5, 5.41) is 0. The molecule has 0 aromatic heterocycles. The number of rotatable bonds is 4. The van der Waals surface area contributed by atoms with Gasteiger partial charge in [0.2, 0.25) is 11.8 Å². The molecule has 2 aliphatic carbocycles. The summed E-state index contributed by atoms with van der Waals surface area (Å²) >= 11 is 0. The number of benzene rings is 2. The van der Waals surface area contributed by atoms with Gasteiger partial charge in [0, 0.05) is 0 Å². The minimum absolute atomic E-state index is 0.0720. The van der Waals surface area contributed by atoms with Gasteiger partial charge >= 0.3 is 5.97 Å². The maximum Gasteiger partial charge on any atom is 0.338 e. The quantitative estimate of drug-likeness (QED) is 0.377. The molecule has 2 fully saturated rings. The molecule has 4 atom stereocenters. The summed E-state index contributed by atoms with van der Waals surface area (Å²) in [5.74, 6) is -0.770. The fraction of sp³-hybridized carbons (Fsp3) is 0.393. The second-order valence-electron chi connectivity index (χ2n) is 10.6. The summed E-state index contributed by atoms with van der Waals surface area (Å²) in [7, 11) is 0. The number of carbonyl (C=O) groups is 3. The van der Waals surface area contributed by atoms with Crippen molar-refractivity contribution < 1.29 is 19.1 Å². The molecule has 5 heteroatoms. The Labute approximate surface area is 194 Å². The summed E-state index contributed by atoms with van der Waals surface area (Å²) in [6.07, 6.45) is 3.08. The number of imide groups is 1. The van der Waals surface area contributed by atoms with Crippen molar-refractivity contribution in [1.29, 1.82) is 0 Å². The summed E-state index contributed by atoms with van der Waals surface area (Å²) < 4.78 is 5.46. The Balaban J connectivity index is 1.24. The number of ether oxygens (including phenoxy) is 1. The predicted molar refractivity (Wildman–Crippen MR) is 126 cm³/mol. The molecule has 5 rings (SSSR count). The van der Waals surface area contributed by atoms with E-state index in [1.807, 2.05) is 12.1 Å². The van der Waals surface area contributed by atoms with Crippen LogP contribution in [0.4, 0.5) is 5.69 Å². The van der Waals surface area contributed by atoms with Gasteiger partial charge in [-0.2, -0.15) is 0 Å². The van der Waals surface area contributed by atoms with Gasteiger partial charge in [0.25, 0.3) is 0 Å². The van der Waals surface area contributed by atoms with E-state index in [1.54, 1.807) is 24.3 Å². The van der Waals surface area contributed by atoms with Crippen LogP contribution in [-0.4, -0.2) is 17.8 Å². The van der Waals surface area contributed by atoms with Crippen LogP contribution in [-0.2, 0) is 26.3 Å². The number of nitrogens with zero attached hydrogens (tertiary/aromatic N) is 1. The van der Waals surface area contributed by atoms with Crippen LogP contribution in [0.5, 0.6) is 0 Å². The van der Waals surface area contributed by atoms with Crippen molar-refractivity contribution in [2.75, 3.05) is 4.90 Å². The molecule has 3 aliphatic rings. The number of hydrogen-bond donors (Lipinski definition) is 0. The van der Waals surface area contributed by atoms with Crippen molar-refractivity contribution in [3.05, 3.63) is 76.9 Å². The SMILES string of the molecule is CC1=C[C@H]2C[C@H]1[C@H]1C(=O)N(c3ccc(C(=O)OCc4ccc(C(C)(C)C)cc4)cc3)C(=O)[C@H]12. The van der Waals surface area contributed by atoms with Crippen LogP contribution in [0.1, 0.15) is 55.6 Å². The summed E-state index contributed by atoms with van der Waals surface area (Å²) in [6, 6.07) is 14.6. The Morgan fingerprint density at radius 3 is 2.24 bits per heavy atom. The van der Waals surface area contributed by atoms with E-state index in [4.69, 9.17) is 4.74 Å². The molecule has 1 aliphatic heterocycles. The highest BCUT2D eigenvalue weighted by molar-refractivity contribution is 6.23. The van der Waals surface area contributed by atoms with Gasteiger partial charge in [0.05, 0.1) is 23.1 Å². The third-order valence-corrected chi connectivity index (χ3v) is 7.43. The van der Waals surface area contributed by atoms with Gasteiger partial charge in [-0.05, 0) is 66.0 Å². The maximum atomic E-state index is 13.1. The predicted octanol–water partition coefficient (Wildman–Crippen LogP) is 5.04. The van der Waals surface area contributed by atoms with E-state index in [1.165, 1.54) is 16.0 Å². The Bertz CT molecular complexity index is 1150. The Kier molecular flexibility index (Phi) is 5.04. The third kappa shape index (κ3) is 3.60. The smallest absolute Gasteiger partial charge is 0.338 e. The lowest BCUT2D eigenvalue weighted by Crippen LogP contribution is -2.32. The van der Waals surface area contributed by atoms with Crippen LogP contribution in [0.25, 0.3) is 0 Å². The Morgan fingerprint density at radius 1 is 0.970 bits per heavy atom. The van der Waals surface area contributed by atoms with E-state index in [0.717, 1.165) is 12.0 Å². The monoisotopic (exact) mass is 443 g/mol. The van der Waals surface area contributed by atoms with Crippen LogP contribution < -0.4 is 4.90 Å². The zero-order chi connectivity index (χ0) is 23.5. The highest BCUT2D eigenvalue weighted by Crippen LogP contribution is 2.55. The Hall–Kier alpha value is -3.21. The number of anilines is 1. The topological polar surface area (TPSA) is 63.7 Å². The molecule has 2 bridgehead atoms. The molecule has 33 heavy (non-hydrogen) atoms. The highest BCUT2D eigenvalue weighted by atomic mass is 16.5. The van der Waals surface area contributed by atoms with E-state index < -0.39 is 5.97 Å². The van der Waals surface area contributed by atoms with Gasteiger partial charge in [-0.15, -0.1) is 0 Å². The van der Waals surface area contributed by atoms with Gasteiger partial charge in [0.1, 0.15) is 6.61 Å². The Morgan fingerprint density at radius 2 is 1.61 bits per heavy atom. The first-order chi connectivity index (χ1) is 15.6. The molecule has 0 N–H and O–H groups in total. The van der Waals surface area contributed by atoms with E-state index in [0.29, 0.717) is 11.3 Å². The van der Waals surface area contributed by atoms with Gasteiger partial charge < -0.3 is 4.74 Å². The molecule has 5 nitrogen and oxygen atoms in total. The number of amides is 2. The van der Waals surface area contributed by atoms with Gasteiger partial charge in [0.15, 0.2) is 0 Å². The lowest BCUT2D eigenvalue weighted by atomic mass is 9.82. The fourth-order valence-electron chi connectivity index (χ4n) is 5.61. The van der Waals surface area contributed by atoms with Crippen molar-refractivity contribution in [2.45, 2.75) is 46.1 Å². The van der Waals surface area contributed by atoms with Crippen molar-refractivity contribution in [3.63, 3.8) is 0 Å². The molecule has 170 valence electrons. The fourth-order valence-corrected chi connectivity index (χ4v) is 5.61. The van der Waals surface area contributed by atoms with Crippen LogP contribution in [0, 0.1) is 23.7 Å². The molecule has 0 radical (unpaired) electrons. The minimum atomic E-state index is -0.435. The molecular weight excluding hydrogens is 414 g/mol. The van der Waals surface area contributed by atoms with Crippen molar-refractivity contribution in [1.82, 2.24) is 0 Å². The van der Waals surface area contributed by atoms with Gasteiger partial charge in [-0.1, -0.05) is 56.7 Å². The van der Waals surface area contributed by atoms with Crippen LogP contribution in [0.15, 0.2) is 60.2 Å². The van der Waals surface area contributed by atoms with Gasteiger partial charge in [-0.25, -0.2) is 4.79 Å². The average molecular weight is 444 g/mol. The molecular formula is C28H29NO4. The molecule has 2 amide bonds. The first-order valence-corrected chi connectivity index (χ1v) is 11.6. The number of hydrogen-bond acceptors (Lipinski definition) is 4. The zero-order valence-corrected chi connectivity index (χ0v) is 19.5. The van der Waals surface area contributed by atoms with Crippen molar-refractivity contribution in [2.24, 2.45) is 23.7 Å². The number of carbonyl (C=O) groups excluding carboxylic acids is 3. The standard InChI is InChI=1S/C28H29NO4/c1-16-13-19-14-22(16)24-23(19)25(30)29(26(24)31)21-11-7-18(8-12-21)27(32)33-15-17-5-9-20(10-6-17)28(2,3)4/h5-13,19,22-24H,14-15H2,1-4H3/t19-,22+,23-,24+/m0/s1. The lowest BCUT2D eigenvalue weighted by molar-refractivity contribution is -0.123. The summed E-state index contributed by atoms with van der Waals surface area (Å²) in [5.41, 5.74) is 4.36. The molecule has 2 aromatic carbocycles. The minimum Gasteiger partial charge on any atom is -0.457 e. The van der Waals surface area contributed by atoms with Crippen LogP contribution in [0.3, 0.4) is 0 Å². The van der Waals surface area contributed by atoms with Crippen molar-refractivity contribution in [3.8, 4) is 0 Å². The number of allylic oxidation sites excluding steroid dienone is 2. The zero-order valence-electron chi connectivity index (χ0n) is 19.5. The third-order valence-electron chi connectivity index (χ3n) is 7.43. The largest absolute Gasteiger partial charge is 0.457 e. The van der Waals surface area contributed by atoms with Gasteiger partial charge in [-0.3, -0.25) is 14.5 Å². The van der Waals surface area contributed by atoms with E-state index in [9.17, 15) is 14.4 Å². The molecule has 1 saturated carbocycles. The van der Waals surface area contributed by atoms with E-state index in [2.05, 4.69) is 45.9 Å². The molecule has 0 spiro atoms. The summed E-state index contributed by atoms with van der Waals surface area (Å²) in [6.45, 7) is 8.71. The first kappa shape index (κ1) is 21.6. The van der Waals surface area contributed by atoms with E-state index in [-0.39, 0.29) is 47.5 Å². The van der Waals surface area contributed by atoms with Crippen LogP contribution >= 0.6 is 0 Å². The lowest BCUT2D eigenvalue weighted by Gasteiger charge is -2.19. The normalized spacial score (nSPS) is 25.9. The molecule has 1 heterocycles. The van der Waals surface area contributed by atoms with Crippen LogP contribution in [0.2, 0.25) is 0 Å². The van der Waals surface area contributed by atoms with Crippen molar-refractivity contribution >= 4 is 23.5 Å². The molecule has 0 unspecified atom stereocenters. The highest BCUT2D eigenvalue weighted by Gasteiger charge is 2.60. The molecule has 1 saturated heterocycles. The summed E-state index contributed by atoms with van der Waals surface area (Å²) in [4.78, 5) is 40.0. The number of esters is 1. The maximum absolute atomic E-state index is 13.1. The number of fused-ring (bicyclic) bond motifs is 5. The first-order valence-electron chi connectivity index (χ1n) is 11.6.